The Balaban J connectivity index is 0.00000264. The Morgan fingerprint density at radius 1 is 1.26 bits per heavy atom. The number of carbonyl (C=O) groups is 1. The zero-order valence-corrected chi connectivity index (χ0v) is 17.4. The molecular formula is C18H28N3OY-. The fourth-order valence-corrected chi connectivity index (χ4v) is 3.00. The molecule has 5 heteroatoms. The first-order valence-corrected chi connectivity index (χ1v) is 8.40. The summed E-state index contributed by atoms with van der Waals surface area (Å²) in [7, 11) is 2.09. The molecule has 0 spiro atoms. The van der Waals surface area contributed by atoms with Crippen LogP contribution >= 0.6 is 0 Å². The summed E-state index contributed by atoms with van der Waals surface area (Å²) in [6, 6.07) is 9.86. The van der Waals surface area contributed by atoms with Gasteiger partial charge in [-0.25, -0.2) is 0 Å². The van der Waals surface area contributed by atoms with Crippen LogP contribution in [0.15, 0.2) is 18.2 Å². The predicted octanol–water partition coefficient (Wildman–Crippen LogP) is 3.05. The standard InChI is InChI=1S/C18H28N3O.Y/c1-4-19-18(22)14-9-11-15(12-10-14)20-16-7-6-8-17(13-16)21(3)5-2;/h7-8,13-15,20H,4-5,9-12H2,1-3H3,(H,19,22);/q-1;. The Morgan fingerprint density at radius 2 is 1.96 bits per heavy atom. The number of hydrogen-bond acceptors (Lipinski definition) is 3. The van der Waals surface area contributed by atoms with Crippen molar-refractivity contribution in [1.82, 2.24) is 5.32 Å². The molecule has 1 saturated carbocycles. The molecule has 0 saturated heterocycles. The molecule has 1 aliphatic carbocycles. The van der Waals surface area contributed by atoms with Gasteiger partial charge in [-0.3, -0.25) is 4.79 Å². The summed E-state index contributed by atoms with van der Waals surface area (Å²) in [4.78, 5) is 14.1. The van der Waals surface area contributed by atoms with Crippen LogP contribution in [0.5, 0.6) is 0 Å². The van der Waals surface area contributed by atoms with Crippen molar-refractivity contribution in [2.24, 2.45) is 5.92 Å². The summed E-state index contributed by atoms with van der Waals surface area (Å²) in [6.07, 6.45) is 4.05. The van der Waals surface area contributed by atoms with Crippen LogP contribution in [0.2, 0.25) is 0 Å². The molecule has 23 heavy (non-hydrogen) atoms. The van der Waals surface area contributed by atoms with Gasteiger partial charge < -0.3 is 15.5 Å². The van der Waals surface area contributed by atoms with Crippen molar-refractivity contribution in [2.75, 3.05) is 30.4 Å². The Labute approximate surface area is 165 Å². The van der Waals surface area contributed by atoms with E-state index in [1.807, 2.05) is 19.1 Å². The van der Waals surface area contributed by atoms with E-state index in [1.54, 1.807) is 0 Å². The van der Waals surface area contributed by atoms with Crippen molar-refractivity contribution in [2.45, 2.75) is 45.6 Å². The average molecular weight is 391 g/mol. The molecule has 0 aliphatic heterocycles. The van der Waals surface area contributed by atoms with Gasteiger partial charge in [0, 0.05) is 57.8 Å². The zero-order chi connectivity index (χ0) is 15.9. The van der Waals surface area contributed by atoms with E-state index < -0.39 is 0 Å². The average Bonchev–Trinajstić information content (AvgIpc) is 2.55. The summed E-state index contributed by atoms with van der Waals surface area (Å²) in [5.41, 5.74) is 2.31. The van der Waals surface area contributed by atoms with Crippen molar-refractivity contribution in [3.8, 4) is 0 Å². The third-order valence-electron chi connectivity index (χ3n) is 4.51. The van der Waals surface area contributed by atoms with Crippen molar-refractivity contribution in [1.29, 1.82) is 0 Å². The van der Waals surface area contributed by atoms with Crippen LogP contribution < -0.4 is 15.5 Å². The van der Waals surface area contributed by atoms with Gasteiger partial charge in [0.05, 0.1) is 0 Å². The van der Waals surface area contributed by atoms with E-state index in [9.17, 15) is 4.79 Å². The molecule has 1 amide bonds. The van der Waals surface area contributed by atoms with E-state index >= 15 is 0 Å². The molecule has 1 aromatic carbocycles. The first-order chi connectivity index (χ1) is 10.6. The van der Waals surface area contributed by atoms with E-state index in [-0.39, 0.29) is 44.5 Å². The Hall–Kier alpha value is -0.606. The van der Waals surface area contributed by atoms with Crippen LogP contribution in [0.25, 0.3) is 0 Å². The molecule has 0 aromatic heterocycles. The van der Waals surface area contributed by atoms with Gasteiger partial charge in [-0.05, 0) is 46.6 Å². The molecule has 0 unspecified atom stereocenters. The summed E-state index contributed by atoms with van der Waals surface area (Å²) in [6.45, 7) is 5.82. The zero-order valence-electron chi connectivity index (χ0n) is 14.6. The van der Waals surface area contributed by atoms with Crippen LogP contribution in [-0.4, -0.2) is 32.1 Å². The Morgan fingerprint density at radius 3 is 2.57 bits per heavy atom. The minimum atomic E-state index is 0. The second-order valence-corrected chi connectivity index (χ2v) is 6.08. The molecule has 1 aromatic rings. The first-order valence-electron chi connectivity index (χ1n) is 8.40. The summed E-state index contributed by atoms with van der Waals surface area (Å²) >= 11 is 0. The van der Waals surface area contributed by atoms with E-state index in [2.05, 4.69) is 41.6 Å². The van der Waals surface area contributed by atoms with E-state index in [0.717, 1.165) is 44.5 Å². The van der Waals surface area contributed by atoms with Crippen LogP contribution in [0.4, 0.5) is 11.4 Å². The number of hydrogen-bond donors (Lipinski definition) is 2. The maximum atomic E-state index is 11.9. The van der Waals surface area contributed by atoms with Crippen LogP contribution in [0.1, 0.15) is 39.5 Å². The Kier molecular flexibility index (Phi) is 9.15. The molecule has 4 nitrogen and oxygen atoms in total. The molecule has 125 valence electrons. The summed E-state index contributed by atoms with van der Waals surface area (Å²) in [5.74, 6) is 0.419. The van der Waals surface area contributed by atoms with Gasteiger partial charge >= 0.3 is 0 Å². The molecule has 1 radical (unpaired) electrons. The SMILES string of the molecule is CCNC(=O)C1CCC(Nc2c[c-]cc(N(C)CC)c2)CC1.[Y]. The fraction of sp³-hybridized carbons (Fsp3) is 0.611. The normalized spacial score (nSPS) is 20.3. The molecule has 1 aliphatic rings. The second kappa shape index (κ2) is 10.3. The minimum absolute atomic E-state index is 0. The molecular weight excluding hydrogens is 363 g/mol. The molecule has 0 atom stereocenters. The Bertz CT molecular complexity index is 487. The number of amides is 1. The predicted molar refractivity (Wildman–Crippen MR) is 92.3 cm³/mol. The van der Waals surface area contributed by atoms with Gasteiger partial charge in [0.25, 0.3) is 0 Å². The first kappa shape index (κ1) is 20.4. The van der Waals surface area contributed by atoms with E-state index in [4.69, 9.17) is 0 Å². The van der Waals surface area contributed by atoms with Crippen molar-refractivity contribution >= 4 is 17.3 Å². The van der Waals surface area contributed by atoms with Crippen molar-refractivity contribution in [3.63, 3.8) is 0 Å². The van der Waals surface area contributed by atoms with Gasteiger partial charge in [-0.1, -0.05) is 11.4 Å². The van der Waals surface area contributed by atoms with Gasteiger partial charge in [-0.2, -0.15) is 18.2 Å². The fourth-order valence-electron chi connectivity index (χ4n) is 3.00. The third-order valence-corrected chi connectivity index (χ3v) is 4.51. The largest absolute Gasteiger partial charge is 0.434 e. The molecule has 0 bridgehead atoms. The summed E-state index contributed by atoms with van der Waals surface area (Å²) < 4.78 is 0. The van der Waals surface area contributed by atoms with Gasteiger partial charge in [-0.15, -0.1) is 6.07 Å². The maximum Gasteiger partial charge on any atom is 0.223 e. The van der Waals surface area contributed by atoms with Crippen LogP contribution in [-0.2, 0) is 37.5 Å². The van der Waals surface area contributed by atoms with Crippen molar-refractivity contribution in [3.05, 3.63) is 24.3 Å². The van der Waals surface area contributed by atoms with E-state index in [1.165, 1.54) is 5.69 Å². The number of benzene rings is 1. The summed E-state index contributed by atoms with van der Waals surface area (Å²) in [5, 5.41) is 6.54. The molecule has 0 heterocycles. The number of nitrogens with zero attached hydrogens (tertiary/aromatic N) is 1. The maximum absolute atomic E-state index is 11.9. The number of nitrogens with one attached hydrogen (secondary N) is 2. The van der Waals surface area contributed by atoms with Gasteiger partial charge in [0.2, 0.25) is 5.91 Å². The number of rotatable bonds is 6. The van der Waals surface area contributed by atoms with E-state index in [0.29, 0.717) is 6.04 Å². The third kappa shape index (κ3) is 6.08. The quantitative estimate of drug-likeness (QED) is 0.733. The van der Waals surface area contributed by atoms with Gasteiger partial charge in [0.15, 0.2) is 0 Å². The topological polar surface area (TPSA) is 44.4 Å². The van der Waals surface area contributed by atoms with Gasteiger partial charge in [0.1, 0.15) is 0 Å². The smallest absolute Gasteiger partial charge is 0.223 e. The van der Waals surface area contributed by atoms with Crippen LogP contribution in [0, 0.1) is 12.0 Å². The number of carbonyl (C=O) groups excluding carboxylic acids is 1. The number of anilines is 2. The van der Waals surface area contributed by atoms with Crippen molar-refractivity contribution < 1.29 is 37.5 Å². The molecule has 1 fully saturated rings. The second-order valence-electron chi connectivity index (χ2n) is 6.08. The van der Waals surface area contributed by atoms with Crippen LogP contribution in [0.3, 0.4) is 0 Å². The molecule has 2 N–H and O–H groups in total. The minimum Gasteiger partial charge on any atom is -0.434 e. The monoisotopic (exact) mass is 391 g/mol. The molecule has 2 rings (SSSR count).